The van der Waals surface area contributed by atoms with Crippen LogP contribution in [0, 0.1) is 5.92 Å². The Balaban J connectivity index is 1.95. The smallest absolute Gasteiger partial charge is 0.355 e. The molecule has 1 amide bonds. The predicted octanol–water partition coefficient (Wildman–Crippen LogP) is 4.62. The van der Waals surface area contributed by atoms with Crippen LogP contribution < -0.4 is 5.32 Å². The number of amides is 1. The maximum atomic E-state index is 12.9. The van der Waals surface area contributed by atoms with E-state index in [-0.39, 0.29) is 11.6 Å². The molecule has 1 aromatic heterocycles. The number of halogens is 3. The van der Waals surface area contributed by atoms with Crippen molar-refractivity contribution in [1.82, 2.24) is 15.1 Å². The van der Waals surface area contributed by atoms with Crippen LogP contribution in [0.3, 0.4) is 0 Å². The molecule has 1 N–H and O–H groups in total. The van der Waals surface area contributed by atoms with Crippen molar-refractivity contribution < 1.29 is 18.0 Å². The average Bonchev–Trinajstić information content (AvgIpc) is 3.00. The number of thioether (sulfide) groups is 1. The zero-order valence-electron chi connectivity index (χ0n) is 15.4. The van der Waals surface area contributed by atoms with Crippen molar-refractivity contribution in [2.75, 3.05) is 6.54 Å². The van der Waals surface area contributed by atoms with Gasteiger partial charge in [0.15, 0.2) is 0 Å². The SMILES string of the molecule is C/C=C(\SC(C)C(=O)NCC1CCCCC1)c1cc(C(F)(F)F)n(C)n1. The average molecular weight is 389 g/mol. The van der Waals surface area contributed by atoms with Crippen LogP contribution in [0.2, 0.25) is 0 Å². The second-order valence-electron chi connectivity index (χ2n) is 6.70. The molecule has 0 aromatic carbocycles. The topological polar surface area (TPSA) is 46.9 Å². The first-order valence-electron chi connectivity index (χ1n) is 8.94. The number of allylic oxidation sites excluding steroid dienone is 1. The number of nitrogens with zero attached hydrogens (tertiary/aromatic N) is 2. The molecule has 146 valence electrons. The summed E-state index contributed by atoms with van der Waals surface area (Å²) in [6.45, 7) is 4.17. The van der Waals surface area contributed by atoms with Gasteiger partial charge in [0.05, 0.1) is 10.9 Å². The number of carbonyl (C=O) groups excluding carboxylic acids is 1. The summed E-state index contributed by atoms with van der Waals surface area (Å²) >= 11 is 1.23. The quantitative estimate of drug-likeness (QED) is 0.772. The number of rotatable bonds is 6. The zero-order valence-corrected chi connectivity index (χ0v) is 16.2. The van der Waals surface area contributed by atoms with Gasteiger partial charge in [-0.2, -0.15) is 18.3 Å². The van der Waals surface area contributed by atoms with Gasteiger partial charge in [-0.25, -0.2) is 0 Å². The summed E-state index contributed by atoms with van der Waals surface area (Å²) in [4.78, 5) is 12.9. The summed E-state index contributed by atoms with van der Waals surface area (Å²) in [5.41, 5.74) is -0.568. The first kappa shape index (κ1) is 20.9. The number of hydrogen-bond acceptors (Lipinski definition) is 3. The van der Waals surface area contributed by atoms with Crippen molar-refractivity contribution in [3.8, 4) is 0 Å². The van der Waals surface area contributed by atoms with E-state index >= 15 is 0 Å². The van der Waals surface area contributed by atoms with Gasteiger partial charge in [-0.05, 0) is 38.7 Å². The molecule has 4 nitrogen and oxygen atoms in total. The van der Waals surface area contributed by atoms with Gasteiger partial charge in [-0.15, -0.1) is 11.8 Å². The minimum absolute atomic E-state index is 0.0908. The Morgan fingerprint density at radius 1 is 1.42 bits per heavy atom. The van der Waals surface area contributed by atoms with Gasteiger partial charge >= 0.3 is 6.18 Å². The molecule has 1 saturated carbocycles. The monoisotopic (exact) mass is 389 g/mol. The molecule has 1 atom stereocenters. The van der Waals surface area contributed by atoms with Crippen molar-refractivity contribution in [1.29, 1.82) is 0 Å². The Morgan fingerprint density at radius 3 is 2.62 bits per heavy atom. The lowest BCUT2D eigenvalue weighted by molar-refractivity contribution is -0.143. The Labute approximate surface area is 156 Å². The fraction of sp³-hybridized carbons (Fsp3) is 0.667. The standard InChI is InChI=1S/C18H26F3N3OS/c1-4-15(14-10-16(18(19,20)21)24(3)23-14)26-12(2)17(25)22-11-13-8-6-5-7-9-13/h4,10,12-13H,5-9,11H2,1-3H3,(H,22,25)/b15-4-. The second kappa shape index (κ2) is 8.97. The van der Waals surface area contributed by atoms with Gasteiger partial charge in [0, 0.05) is 18.5 Å². The molecule has 2 rings (SSSR count). The summed E-state index contributed by atoms with van der Waals surface area (Å²) in [6, 6.07) is 1.02. The molecule has 1 fully saturated rings. The highest BCUT2D eigenvalue weighted by Gasteiger charge is 2.35. The van der Waals surface area contributed by atoms with E-state index in [1.807, 2.05) is 0 Å². The number of nitrogens with one attached hydrogen (secondary N) is 1. The third-order valence-electron chi connectivity index (χ3n) is 4.65. The largest absolute Gasteiger partial charge is 0.433 e. The highest BCUT2D eigenvalue weighted by molar-refractivity contribution is 8.09. The first-order valence-corrected chi connectivity index (χ1v) is 9.82. The Kier molecular flexibility index (Phi) is 7.20. The van der Waals surface area contributed by atoms with Crippen LogP contribution in [0.25, 0.3) is 4.91 Å². The normalized spacial score (nSPS) is 18.0. The molecular weight excluding hydrogens is 363 g/mol. The van der Waals surface area contributed by atoms with Crippen LogP contribution in [0.4, 0.5) is 13.2 Å². The van der Waals surface area contributed by atoms with E-state index in [1.165, 1.54) is 38.1 Å². The molecule has 1 unspecified atom stereocenters. The van der Waals surface area contributed by atoms with Gasteiger partial charge in [0.1, 0.15) is 5.69 Å². The van der Waals surface area contributed by atoms with E-state index in [9.17, 15) is 18.0 Å². The lowest BCUT2D eigenvalue weighted by Crippen LogP contribution is -2.35. The van der Waals surface area contributed by atoms with E-state index in [4.69, 9.17) is 0 Å². The van der Waals surface area contributed by atoms with Crippen LogP contribution in [-0.2, 0) is 18.0 Å². The van der Waals surface area contributed by atoms with Crippen molar-refractivity contribution in [3.63, 3.8) is 0 Å². The predicted molar refractivity (Wildman–Crippen MR) is 98.5 cm³/mol. The molecule has 26 heavy (non-hydrogen) atoms. The molecular formula is C18H26F3N3OS. The second-order valence-corrected chi connectivity index (χ2v) is 8.08. The molecule has 0 bridgehead atoms. The third-order valence-corrected chi connectivity index (χ3v) is 5.91. The molecule has 0 saturated heterocycles. The maximum absolute atomic E-state index is 12.9. The van der Waals surface area contributed by atoms with E-state index in [0.29, 0.717) is 17.4 Å². The highest BCUT2D eigenvalue weighted by Crippen LogP contribution is 2.35. The van der Waals surface area contributed by atoms with Gasteiger partial charge in [-0.1, -0.05) is 25.3 Å². The van der Waals surface area contributed by atoms with Gasteiger partial charge < -0.3 is 5.32 Å². The van der Waals surface area contributed by atoms with Crippen LogP contribution >= 0.6 is 11.8 Å². The number of alkyl halides is 3. The first-order chi connectivity index (χ1) is 12.2. The van der Waals surface area contributed by atoms with E-state index in [0.717, 1.165) is 23.6 Å². The zero-order chi connectivity index (χ0) is 19.3. The van der Waals surface area contributed by atoms with Crippen LogP contribution in [0.1, 0.15) is 57.3 Å². The minimum Gasteiger partial charge on any atom is -0.355 e. The van der Waals surface area contributed by atoms with Crippen LogP contribution in [0.15, 0.2) is 12.1 Å². The molecule has 1 aromatic rings. The van der Waals surface area contributed by atoms with Gasteiger partial charge in [-0.3, -0.25) is 9.48 Å². The van der Waals surface area contributed by atoms with Crippen molar-refractivity contribution in [2.24, 2.45) is 13.0 Å². The molecule has 0 aliphatic heterocycles. The molecule has 0 radical (unpaired) electrons. The summed E-state index contributed by atoms with van der Waals surface area (Å²) in [5, 5.41) is 6.54. The number of hydrogen-bond donors (Lipinski definition) is 1. The summed E-state index contributed by atoms with van der Waals surface area (Å²) in [5.74, 6) is 0.447. The van der Waals surface area contributed by atoms with Crippen LogP contribution in [0.5, 0.6) is 0 Å². The summed E-state index contributed by atoms with van der Waals surface area (Å²) < 4.78 is 39.7. The van der Waals surface area contributed by atoms with E-state index in [1.54, 1.807) is 19.9 Å². The van der Waals surface area contributed by atoms with Crippen molar-refractivity contribution in [2.45, 2.75) is 57.4 Å². The number of carbonyl (C=O) groups is 1. The molecule has 1 aliphatic rings. The fourth-order valence-electron chi connectivity index (χ4n) is 3.15. The maximum Gasteiger partial charge on any atom is 0.433 e. The van der Waals surface area contributed by atoms with Gasteiger partial charge in [0.25, 0.3) is 0 Å². The molecule has 0 spiro atoms. The Morgan fingerprint density at radius 2 is 2.08 bits per heavy atom. The van der Waals surface area contributed by atoms with Crippen molar-refractivity contribution in [3.05, 3.63) is 23.5 Å². The minimum atomic E-state index is -4.45. The molecule has 8 heteroatoms. The van der Waals surface area contributed by atoms with E-state index < -0.39 is 17.1 Å². The van der Waals surface area contributed by atoms with Crippen LogP contribution in [-0.4, -0.2) is 27.5 Å². The Hall–Kier alpha value is -1.44. The fourth-order valence-corrected chi connectivity index (χ4v) is 4.08. The summed E-state index contributed by atoms with van der Waals surface area (Å²) in [6.07, 6.45) is 3.24. The lowest BCUT2D eigenvalue weighted by atomic mass is 9.89. The highest BCUT2D eigenvalue weighted by atomic mass is 32.2. The summed E-state index contributed by atoms with van der Waals surface area (Å²) in [7, 11) is 1.27. The number of aryl methyl sites for hydroxylation is 1. The Bertz CT molecular complexity index is 649. The van der Waals surface area contributed by atoms with E-state index in [2.05, 4.69) is 10.4 Å². The lowest BCUT2D eigenvalue weighted by Gasteiger charge is -2.22. The molecule has 1 aliphatic carbocycles. The third kappa shape index (κ3) is 5.53. The van der Waals surface area contributed by atoms with Gasteiger partial charge in [0.2, 0.25) is 5.91 Å². The number of aromatic nitrogens is 2. The molecule has 1 heterocycles. The van der Waals surface area contributed by atoms with Crippen molar-refractivity contribution >= 4 is 22.6 Å².